The predicted molar refractivity (Wildman–Crippen MR) is 88.6 cm³/mol. The Morgan fingerprint density at radius 2 is 1.83 bits per heavy atom. The molecule has 3 heteroatoms. The molecule has 0 unspecified atom stereocenters. The fraction of sp³-hybridized carbons (Fsp3) is 0.750. The Morgan fingerprint density at radius 1 is 1.09 bits per heavy atom. The molecular formula is C20H28O3. The number of aliphatic hydroxyl groups excluding tert-OH is 2. The number of hydrogen-bond donors (Lipinski definition) is 2. The van der Waals surface area contributed by atoms with Gasteiger partial charge in [-0.2, -0.15) is 0 Å². The molecule has 0 radical (unpaired) electrons. The molecular weight excluding hydrogens is 288 g/mol. The molecule has 0 aromatic heterocycles. The van der Waals surface area contributed by atoms with Gasteiger partial charge in [0, 0.05) is 10.8 Å². The van der Waals surface area contributed by atoms with Crippen LogP contribution >= 0.6 is 0 Å². The van der Waals surface area contributed by atoms with E-state index in [1.807, 2.05) is 13.0 Å². The third-order valence-corrected chi connectivity index (χ3v) is 7.92. The lowest BCUT2D eigenvalue weighted by Gasteiger charge is -2.58. The number of hydrogen-bond acceptors (Lipinski definition) is 3. The van der Waals surface area contributed by atoms with Gasteiger partial charge in [-0.3, -0.25) is 4.79 Å². The maximum Gasteiger partial charge on any atom is 0.181 e. The molecule has 0 aliphatic heterocycles. The normalized spacial score (nSPS) is 52.2. The van der Waals surface area contributed by atoms with Crippen LogP contribution in [0.25, 0.3) is 0 Å². The largest absolute Gasteiger partial charge is 0.392 e. The topological polar surface area (TPSA) is 57.5 Å². The summed E-state index contributed by atoms with van der Waals surface area (Å²) in [5.74, 6) is 1.47. The number of aliphatic hydroxyl groups is 2. The van der Waals surface area contributed by atoms with Gasteiger partial charge in [0.05, 0.1) is 12.2 Å². The van der Waals surface area contributed by atoms with Gasteiger partial charge in [-0.1, -0.05) is 25.5 Å². The van der Waals surface area contributed by atoms with Crippen LogP contribution in [0.1, 0.15) is 52.9 Å². The second kappa shape index (κ2) is 4.80. The van der Waals surface area contributed by atoms with Gasteiger partial charge in [0.15, 0.2) is 5.78 Å². The van der Waals surface area contributed by atoms with Gasteiger partial charge >= 0.3 is 0 Å². The Labute approximate surface area is 138 Å². The SMILES string of the molecule is CC1=C[C@@]2(C)C(=CC1=O)CC[C@H]1[C@@H]3CC[C@H](O)[C@@]3(C)[C@H](O)C[C@@H]12. The number of allylic oxidation sites excluding steroid dienone is 4. The van der Waals surface area contributed by atoms with Crippen molar-refractivity contribution < 1.29 is 15.0 Å². The van der Waals surface area contributed by atoms with E-state index in [1.165, 1.54) is 5.57 Å². The highest BCUT2D eigenvalue weighted by Crippen LogP contribution is 2.64. The van der Waals surface area contributed by atoms with Gasteiger partial charge < -0.3 is 10.2 Å². The second-order valence-electron chi connectivity index (χ2n) is 8.77. The summed E-state index contributed by atoms with van der Waals surface area (Å²) < 4.78 is 0. The first-order chi connectivity index (χ1) is 10.8. The Balaban J connectivity index is 1.76. The number of carbonyl (C=O) groups excluding carboxylic acids is 1. The lowest BCUT2D eigenvalue weighted by atomic mass is 9.47. The molecule has 4 aliphatic carbocycles. The van der Waals surface area contributed by atoms with Crippen molar-refractivity contribution in [2.24, 2.45) is 28.6 Å². The first-order valence-electron chi connectivity index (χ1n) is 9.09. The summed E-state index contributed by atoms with van der Waals surface area (Å²) >= 11 is 0. The number of ketones is 1. The molecule has 23 heavy (non-hydrogen) atoms. The summed E-state index contributed by atoms with van der Waals surface area (Å²) in [4.78, 5) is 12.1. The summed E-state index contributed by atoms with van der Waals surface area (Å²) in [6.45, 7) is 6.26. The third kappa shape index (κ3) is 1.87. The van der Waals surface area contributed by atoms with Gasteiger partial charge in [0.1, 0.15) is 0 Å². The average molecular weight is 316 g/mol. The van der Waals surface area contributed by atoms with Gasteiger partial charge in [-0.25, -0.2) is 0 Å². The molecule has 7 atom stereocenters. The minimum Gasteiger partial charge on any atom is -0.392 e. The lowest BCUT2D eigenvalue weighted by molar-refractivity contribution is -0.142. The van der Waals surface area contributed by atoms with E-state index < -0.39 is 6.10 Å². The summed E-state index contributed by atoms with van der Waals surface area (Å²) in [6.07, 6.45) is 7.84. The van der Waals surface area contributed by atoms with Gasteiger partial charge in [-0.15, -0.1) is 0 Å². The maximum atomic E-state index is 12.1. The molecule has 0 amide bonds. The smallest absolute Gasteiger partial charge is 0.181 e. The van der Waals surface area contributed by atoms with E-state index in [0.29, 0.717) is 17.8 Å². The molecule has 0 saturated heterocycles. The monoisotopic (exact) mass is 316 g/mol. The van der Waals surface area contributed by atoms with Crippen LogP contribution in [0.3, 0.4) is 0 Å². The highest BCUT2D eigenvalue weighted by Gasteiger charge is 2.62. The predicted octanol–water partition coefficient (Wildman–Crippen LogP) is 3.02. The molecule has 3 saturated carbocycles. The minimum atomic E-state index is -0.450. The highest BCUT2D eigenvalue weighted by atomic mass is 16.3. The van der Waals surface area contributed by atoms with E-state index in [1.54, 1.807) is 0 Å². The van der Waals surface area contributed by atoms with Crippen LogP contribution in [-0.4, -0.2) is 28.2 Å². The van der Waals surface area contributed by atoms with E-state index in [-0.39, 0.29) is 22.7 Å². The molecule has 2 N–H and O–H groups in total. The molecule has 4 aliphatic rings. The molecule has 0 heterocycles. The Hall–Kier alpha value is -0.930. The van der Waals surface area contributed by atoms with Crippen molar-refractivity contribution in [1.82, 2.24) is 0 Å². The minimum absolute atomic E-state index is 0.100. The number of rotatable bonds is 0. The van der Waals surface area contributed by atoms with Crippen molar-refractivity contribution in [3.05, 3.63) is 23.3 Å². The van der Waals surface area contributed by atoms with Crippen molar-refractivity contribution in [2.45, 2.75) is 65.1 Å². The Morgan fingerprint density at radius 3 is 2.57 bits per heavy atom. The first kappa shape index (κ1) is 15.6. The summed E-state index contributed by atoms with van der Waals surface area (Å²) in [5.41, 5.74) is 1.65. The van der Waals surface area contributed by atoms with Crippen molar-refractivity contribution in [2.75, 3.05) is 0 Å². The molecule has 126 valence electrons. The summed E-state index contributed by atoms with van der Waals surface area (Å²) in [6, 6.07) is 0. The van der Waals surface area contributed by atoms with Crippen molar-refractivity contribution in [3.8, 4) is 0 Å². The van der Waals surface area contributed by atoms with E-state index >= 15 is 0 Å². The average Bonchev–Trinajstić information content (AvgIpc) is 2.80. The van der Waals surface area contributed by atoms with Crippen LogP contribution < -0.4 is 0 Å². The zero-order valence-electron chi connectivity index (χ0n) is 14.4. The van der Waals surface area contributed by atoms with Crippen LogP contribution in [0.15, 0.2) is 23.3 Å². The van der Waals surface area contributed by atoms with E-state index in [9.17, 15) is 15.0 Å². The Bertz CT molecular complexity index is 618. The molecule has 3 nitrogen and oxygen atoms in total. The van der Waals surface area contributed by atoms with Gasteiger partial charge in [0.25, 0.3) is 0 Å². The van der Waals surface area contributed by atoms with Crippen molar-refractivity contribution in [3.63, 3.8) is 0 Å². The first-order valence-corrected chi connectivity index (χ1v) is 9.09. The lowest BCUT2D eigenvalue weighted by Crippen LogP contribution is -2.57. The fourth-order valence-corrected chi connectivity index (χ4v) is 6.44. The van der Waals surface area contributed by atoms with Crippen LogP contribution in [-0.2, 0) is 4.79 Å². The molecule has 0 aromatic carbocycles. The van der Waals surface area contributed by atoms with E-state index in [2.05, 4.69) is 19.9 Å². The summed E-state index contributed by atoms with van der Waals surface area (Å²) in [5, 5.41) is 21.4. The van der Waals surface area contributed by atoms with E-state index in [0.717, 1.165) is 37.7 Å². The number of fused-ring (bicyclic) bond motifs is 5. The van der Waals surface area contributed by atoms with Crippen LogP contribution in [0, 0.1) is 28.6 Å². The molecule has 4 rings (SSSR count). The van der Waals surface area contributed by atoms with Crippen LogP contribution in [0.2, 0.25) is 0 Å². The standard InChI is InChI=1S/C20H28O3/c1-11-10-19(2)12(8-16(11)21)4-5-13-14-6-7-17(22)20(14,3)18(23)9-15(13)19/h8,10,13-15,17-18,22-23H,4-7,9H2,1-3H3/t13-,14-,15-,17-,18+,19-,20-/m0/s1. The quantitative estimate of drug-likeness (QED) is 0.722. The van der Waals surface area contributed by atoms with Crippen LogP contribution in [0.4, 0.5) is 0 Å². The van der Waals surface area contributed by atoms with E-state index in [4.69, 9.17) is 0 Å². The third-order valence-electron chi connectivity index (χ3n) is 7.92. The fourth-order valence-electron chi connectivity index (χ4n) is 6.44. The summed E-state index contributed by atoms with van der Waals surface area (Å²) in [7, 11) is 0. The molecule has 0 aromatic rings. The van der Waals surface area contributed by atoms with Crippen molar-refractivity contribution >= 4 is 5.78 Å². The highest BCUT2D eigenvalue weighted by molar-refractivity contribution is 6.05. The van der Waals surface area contributed by atoms with Crippen LogP contribution in [0.5, 0.6) is 0 Å². The maximum absolute atomic E-state index is 12.1. The second-order valence-corrected chi connectivity index (χ2v) is 8.77. The van der Waals surface area contributed by atoms with Gasteiger partial charge in [0.2, 0.25) is 0 Å². The van der Waals surface area contributed by atoms with Crippen molar-refractivity contribution in [1.29, 1.82) is 0 Å². The Kier molecular flexibility index (Phi) is 3.25. The zero-order valence-corrected chi connectivity index (χ0v) is 14.4. The zero-order chi connectivity index (χ0) is 16.6. The molecule has 0 bridgehead atoms. The number of carbonyl (C=O) groups is 1. The van der Waals surface area contributed by atoms with Gasteiger partial charge in [-0.05, 0) is 68.4 Å². The molecule has 3 fully saturated rings. The molecule has 0 spiro atoms.